The first kappa shape index (κ1) is 20.6. The summed E-state index contributed by atoms with van der Waals surface area (Å²) in [5, 5.41) is 11.4. The Morgan fingerprint density at radius 2 is 1.79 bits per heavy atom. The van der Waals surface area contributed by atoms with Gasteiger partial charge >= 0.3 is 0 Å². The van der Waals surface area contributed by atoms with E-state index in [1.54, 1.807) is 61.7 Å². The van der Waals surface area contributed by atoms with Gasteiger partial charge in [0.1, 0.15) is 11.4 Å². The Bertz CT molecular complexity index is 1340. The van der Waals surface area contributed by atoms with Crippen LogP contribution >= 0.6 is 0 Å². The second-order valence-electron chi connectivity index (χ2n) is 7.90. The smallest absolute Gasteiger partial charge is 0.252 e. The molecule has 1 aliphatic heterocycles. The number of amides is 1. The van der Waals surface area contributed by atoms with E-state index < -0.39 is 5.66 Å². The van der Waals surface area contributed by atoms with Crippen molar-refractivity contribution >= 4 is 23.1 Å². The number of nitrogens with zero attached hydrogens (tertiary/aromatic N) is 2. The number of nitrogens with two attached hydrogens (primary N) is 2. The molecule has 0 saturated heterocycles. The standard InChI is InChI=1S/C25H21N5O3/c1-33-17-11-7-15(8-12-17)25(27)21-22(29-30-25)18-3-2-4-19(20(18)23(21)31)24(32)28-13-14-5-9-16(26)10-6-14/h2-12H,13,26-27H2,1H3,(H,28,32). The zero-order valence-electron chi connectivity index (χ0n) is 17.8. The molecule has 0 aromatic heterocycles. The molecule has 1 heterocycles. The zero-order valence-corrected chi connectivity index (χ0v) is 17.8. The Kier molecular flexibility index (Phi) is 4.79. The lowest BCUT2D eigenvalue weighted by Crippen LogP contribution is -2.37. The van der Waals surface area contributed by atoms with Gasteiger partial charge < -0.3 is 15.8 Å². The fourth-order valence-electron chi connectivity index (χ4n) is 4.15. The van der Waals surface area contributed by atoms with E-state index in [0.717, 1.165) is 5.56 Å². The van der Waals surface area contributed by atoms with Gasteiger partial charge in [-0.1, -0.05) is 36.4 Å². The van der Waals surface area contributed by atoms with Crippen molar-refractivity contribution in [3.63, 3.8) is 0 Å². The van der Waals surface area contributed by atoms with Crippen LogP contribution in [0, 0.1) is 0 Å². The lowest BCUT2D eigenvalue weighted by Gasteiger charge is -2.22. The van der Waals surface area contributed by atoms with E-state index in [-0.39, 0.29) is 22.8 Å². The van der Waals surface area contributed by atoms with Crippen molar-refractivity contribution < 1.29 is 14.3 Å². The predicted octanol–water partition coefficient (Wildman–Crippen LogP) is 3.39. The van der Waals surface area contributed by atoms with E-state index in [2.05, 4.69) is 15.5 Å². The minimum absolute atomic E-state index is 0.265. The highest BCUT2D eigenvalue weighted by atomic mass is 16.5. The van der Waals surface area contributed by atoms with E-state index >= 15 is 0 Å². The number of ether oxygens (including phenoxy) is 1. The maximum atomic E-state index is 13.6. The zero-order chi connectivity index (χ0) is 23.2. The SMILES string of the molecule is COc1ccc(C2(N)N=NC3=C2C(=O)c2c(C(=O)NCc4ccc(N)cc4)cccc23)cc1. The number of hydrogen-bond donors (Lipinski definition) is 3. The van der Waals surface area contributed by atoms with Crippen molar-refractivity contribution in [1.29, 1.82) is 0 Å². The number of Topliss-reactive ketones (excluding diaryl/α,β-unsaturated/α-hetero) is 1. The van der Waals surface area contributed by atoms with Gasteiger partial charge in [-0.25, -0.2) is 0 Å². The minimum Gasteiger partial charge on any atom is -0.497 e. The second-order valence-corrected chi connectivity index (χ2v) is 7.90. The summed E-state index contributed by atoms with van der Waals surface area (Å²) in [7, 11) is 1.57. The number of nitrogens with one attached hydrogen (secondary N) is 1. The molecule has 2 aliphatic rings. The van der Waals surface area contributed by atoms with E-state index in [1.807, 2.05) is 12.1 Å². The van der Waals surface area contributed by atoms with Crippen LogP contribution in [0.4, 0.5) is 5.69 Å². The molecule has 1 amide bonds. The number of fused-ring (bicyclic) bond motifs is 2. The van der Waals surface area contributed by atoms with Crippen molar-refractivity contribution in [1.82, 2.24) is 5.32 Å². The lowest BCUT2D eigenvalue weighted by molar-refractivity contribution is 0.0938. The van der Waals surface area contributed by atoms with E-state index in [9.17, 15) is 9.59 Å². The molecule has 5 rings (SSSR count). The number of rotatable bonds is 5. The van der Waals surface area contributed by atoms with E-state index in [1.165, 1.54) is 0 Å². The van der Waals surface area contributed by atoms with Gasteiger partial charge in [-0.05, 0) is 35.9 Å². The molecule has 0 spiro atoms. The van der Waals surface area contributed by atoms with Crippen molar-refractivity contribution in [2.45, 2.75) is 12.2 Å². The average molecular weight is 439 g/mol. The third kappa shape index (κ3) is 3.28. The second kappa shape index (κ2) is 7.68. The first-order valence-electron chi connectivity index (χ1n) is 10.3. The number of carbonyl (C=O) groups is 2. The molecule has 1 atom stereocenters. The molecular weight excluding hydrogens is 418 g/mol. The van der Waals surface area contributed by atoms with Crippen molar-refractivity contribution in [3.05, 3.63) is 100 Å². The first-order chi connectivity index (χ1) is 15.9. The summed E-state index contributed by atoms with van der Waals surface area (Å²) in [5.74, 6) is -0.0451. The molecule has 5 N–H and O–H groups in total. The molecule has 0 bridgehead atoms. The summed E-state index contributed by atoms with van der Waals surface area (Å²) in [6.45, 7) is 0.302. The average Bonchev–Trinajstić information content (AvgIpc) is 3.35. The number of azo groups is 1. The molecule has 1 unspecified atom stereocenters. The van der Waals surface area contributed by atoms with Crippen LogP contribution in [-0.2, 0) is 12.2 Å². The minimum atomic E-state index is -1.44. The highest BCUT2D eigenvalue weighted by molar-refractivity contribution is 6.26. The van der Waals surface area contributed by atoms with E-state index in [4.69, 9.17) is 16.2 Å². The lowest BCUT2D eigenvalue weighted by atomic mass is 9.89. The van der Waals surface area contributed by atoms with Crippen LogP contribution in [0.25, 0.3) is 5.70 Å². The molecular formula is C25H21N5O3. The van der Waals surface area contributed by atoms with Gasteiger partial charge in [0.15, 0.2) is 11.4 Å². The van der Waals surface area contributed by atoms with Crippen LogP contribution in [0.15, 0.2) is 82.5 Å². The largest absolute Gasteiger partial charge is 0.497 e. The molecule has 33 heavy (non-hydrogen) atoms. The van der Waals surface area contributed by atoms with Gasteiger partial charge in [0, 0.05) is 28.9 Å². The van der Waals surface area contributed by atoms with E-state index in [0.29, 0.717) is 40.4 Å². The maximum absolute atomic E-state index is 13.6. The van der Waals surface area contributed by atoms with Crippen LogP contribution in [0.3, 0.4) is 0 Å². The summed E-state index contributed by atoms with van der Waals surface area (Å²) >= 11 is 0. The summed E-state index contributed by atoms with van der Waals surface area (Å²) in [6.07, 6.45) is 0. The predicted molar refractivity (Wildman–Crippen MR) is 123 cm³/mol. The van der Waals surface area contributed by atoms with Gasteiger partial charge in [0.2, 0.25) is 0 Å². The number of nitrogen functional groups attached to an aromatic ring is 1. The number of benzene rings is 3. The Labute approximate surface area is 190 Å². The highest BCUT2D eigenvalue weighted by Gasteiger charge is 2.49. The summed E-state index contributed by atoms with van der Waals surface area (Å²) in [4.78, 5) is 26.6. The van der Waals surface area contributed by atoms with Crippen LogP contribution in [0.5, 0.6) is 5.75 Å². The van der Waals surface area contributed by atoms with Crippen LogP contribution in [0.2, 0.25) is 0 Å². The molecule has 8 heteroatoms. The molecule has 8 nitrogen and oxygen atoms in total. The van der Waals surface area contributed by atoms with Crippen molar-refractivity contribution in [2.75, 3.05) is 12.8 Å². The molecule has 1 aliphatic carbocycles. The number of ketones is 1. The highest BCUT2D eigenvalue weighted by Crippen LogP contribution is 2.48. The van der Waals surface area contributed by atoms with Crippen molar-refractivity contribution in [2.24, 2.45) is 16.0 Å². The molecule has 164 valence electrons. The van der Waals surface area contributed by atoms with Crippen LogP contribution in [-0.4, -0.2) is 18.8 Å². The van der Waals surface area contributed by atoms with Crippen molar-refractivity contribution in [3.8, 4) is 5.75 Å². The van der Waals surface area contributed by atoms with Gasteiger partial charge in [0.05, 0.1) is 18.2 Å². The molecule has 0 radical (unpaired) electrons. The summed E-state index contributed by atoms with van der Waals surface area (Å²) in [6, 6.07) is 19.3. The molecule has 3 aromatic carbocycles. The Hall–Kier alpha value is -4.30. The quantitative estimate of drug-likeness (QED) is 0.524. The molecule has 0 fully saturated rings. The fourth-order valence-corrected chi connectivity index (χ4v) is 4.15. The molecule has 3 aromatic rings. The Morgan fingerprint density at radius 3 is 2.48 bits per heavy atom. The summed E-state index contributed by atoms with van der Waals surface area (Å²) < 4.78 is 5.20. The van der Waals surface area contributed by atoms with Gasteiger partial charge in [-0.15, -0.1) is 0 Å². The van der Waals surface area contributed by atoms with Gasteiger partial charge in [-0.3, -0.25) is 15.3 Å². The maximum Gasteiger partial charge on any atom is 0.252 e. The fraction of sp³-hybridized carbons (Fsp3) is 0.120. The monoisotopic (exact) mass is 439 g/mol. The summed E-state index contributed by atoms with van der Waals surface area (Å²) in [5.41, 5.74) is 14.8. The van der Waals surface area contributed by atoms with Gasteiger partial charge in [0.25, 0.3) is 5.91 Å². The number of anilines is 1. The van der Waals surface area contributed by atoms with Gasteiger partial charge in [-0.2, -0.15) is 10.2 Å². The molecule has 0 saturated carbocycles. The third-order valence-corrected chi connectivity index (χ3v) is 5.91. The Balaban J connectivity index is 1.45. The van der Waals surface area contributed by atoms with Crippen LogP contribution < -0.4 is 21.5 Å². The van der Waals surface area contributed by atoms with Crippen LogP contribution in [0.1, 0.15) is 37.4 Å². The number of methoxy groups -OCH3 is 1. The number of hydrogen-bond acceptors (Lipinski definition) is 7. The normalized spacial score (nSPS) is 18.3. The third-order valence-electron chi connectivity index (χ3n) is 5.91. The number of carbonyl (C=O) groups excluding carboxylic acids is 2. The topological polar surface area (TPSA) is 132 Å². The first-order valence-corrected chi connectivity index (χ1v) is 10.3. The Morgan fingerprint density at radius 1 is 1.06 bits per heavy atom.